The Bertz CT molecular complexity index is 247. The molecule has 0 heterocycles. The molecule has 1 aliphatic rings. The number of rotatable bonds is 3. The minimum absolute atomic E-state index is 0.0288. The van der Waals surface area contributed by atoms with E-state index in [1.165, 1.54) is 6.92 Å². The van der Waals surface area contributed by atoms with Crippen LogP contribution >= 0.6 is 0 Å². The Morgan fingerprint density at radius 3 is 2.33 bits per heavy atom. The van der Waals surface area contributed by atoms with E-state index in [2.05, 4.69) is 5.32 Å². The van der Waals surface area contributed by atoms with E-state index in [0.717, 1.165) is 12.8 Å². The highest BCUT2D eigenvalue weighted by Crippen LogP contribution is 2.28. The third-order valence-electron chi connectivity index (χ3n) is 3.18. The predicted octanol–water partition coefficient (Wildman–Crippen LogP) is 1.35. The van der Waals surface area contributed by atoms with Crippen molar-refractivity contribution in [3.63, 3.8) is 0 Å². The Hall–Kier alpha value is -1.13. The highest BCUT2D eigenvalue weighted by molar-refractivity contribution is 5.73. The molecule has 0 saturated heterocycles. The van der Waals surface area contributed by atoms with Crippen LogP contribution in [0.2, 0.25) is 0 Å². The zero-order chi connectivity index (χ0) is 11.4. The molecule has 0 aromatic heterocycles. The van der Waals surface area contributed by atoms with Crippen LogP contribution in [0.4, 0.5) is 0 Å². The van der Waals surface area contributed by atoms with E-state index in [-0.39, 0.29) is 22.9 Å². The summed E-state index contributed by atoms with van der Waals surface area (Å²) in [5.41, 5.74) is 0. The third-order valence-corrected chi connectivity index (χ3v) is 3.18. The van der Waals surface area contributed by atoms with Crippen molar-refractivity contribution in [3.05, 3.63) is 10.1 Å². The van der Waals surface area contributed by atoms with E-state index in [9.17, 15) is 14.9 Å². The second-order valence-corrected chi connectivity index (χ2v) is 4.34. The maximum absolute atomic E-state index is 10.9. The van der Waals surface area contributed by atoms with Gasteiger partial charge in [0.25, 0.3) is 0 Å². The van der Waals surface area contributed by atoms with E-state index in [1.807, 2.05) is 6.92 Å². The Kier molecular flexibility index (Phi) is 4.05. The molecule has 1 fully saturated rings. The first kappa shape index (κ1) is 11.9. The van der Waals surface area contributed by atoms with Gasteiger partial charge in [-0.15, -0.1) is 0 Å². The number of nitrogens with zero attached hydrogens (tertiary/aromatic N) is 1. The molecule has 0 aromatic carbocycles. The van der Waals surface area contributed by atoms with Gasteiger partial charge in [-0.1, -0.05) is 0 Å². The van der Waals surface area contributed by atoms with Gasteiger partial charge < -0.3 is 5.32 Å². The van der Waals surface area contributed by atoms with Crippen molar-refractivity contribution in [2.75, 3.05) is 0 Å². The first-order valence-electron chi connectivity index (χ1n) is 5.41. The molecule has 1 aliphatic carbocycles. The van der Waals surface area contributed by atoms with Gasteiger partial charge in [-0.05, 0) is 25.7 Å². The fourth-order valence-corrected chi connectivity index (χ4v) is 2.25. The molecule has 86 valence electrons. The molecule has 1 atom stereocenters. The van der Waals surface area contributed by atoms with Gasteiger partial charge >= 0.3 is 0 Å². The SMILES string of the molecule is CC(=O)N[C@H](C)C1CCC([N+](=O)[O-])CC1. The Labute approximate surface area is 89.4 Å². The minimum atomic E-state index is -0.370. The van der Waals surface area contributed by atoms with Crippen molar-refractivity contribution in [2.45, 2.75) is 51.6 Å². The molecule has 1 amide bonds. The molecule has 1 N–H and O–H groups in total. The third kappa shape index (κ3) is 3.49. The van der Waals surface area contributed by atoms with Gasteiger partial charge in [0.05, 0.1) is 0 Å². The van der Waals surface area contributed by atoms with Crippen molar-refractivity contribution in [1.82, 2.24) is 5.32 Å². The van der Waals surface area contributed by atoms with E-state index >= 15 is 0 Å². The Morgan fingerprint density at radius 2 is 1.93 bits per heavy atom. The van der Waals surface area contributed by atoms with E-state index in [1.54, 1.807) is 0 Å². The molecule has 1 saturated carbocycles. The lowest BCUT2D eigenvalue weighted by atomic mass is 9.82. The monoisotopic (exact) mass is 214 g/mol. The van der Waals surface area contributed by atoms with Gasteiger partial charge in [0.15, 0.2) is 0 Å². The summed E-state index contributed by atoms with van der Waals surface area (Å²) in [5, 5.41) is 13.4. The van der Waals surface area contributed by atoms with E-state index in [4.69, 9.17) is 0 Å². The van der Waals surface area contributed by atoms with Gasteiger partial charge in [-0.2, -0.15) is 0 Å². The molecule has 5 nitrogen and oxygen atoms in total. The molecule has 0 aromatic rings. The lowest BCUT2D eigenvalue weighted by Crippen LogP contribution is -2.39. The summed E-state index contributed by atoms with van der Waals surface area (Å²) in [5.74, 6) is 0.365. The minimum Gasteiger partial charge on any atom is -0.354 e. The van der Waals surface area contributed by atoms with Crippen LogP contribution in [0.1, 0.15) is 39.5 Å². The Morgan fingerprint density at radius 1 is 1.40 bits per heavy atom. The average Bonchev–Trinajstić information content (AvgIpc) is 2.17. The zero-order valence-electron chi connectivity index (χ0n) is 9.23. The molecular formula is C10H18N2O3. The molecule has 15 heavy (non-hydrogen) atoms. The normalized spacial score (nSPS) is 28.1. The molecule has 0 spiro atoms. The topological polar surface area (TPSA) is 72.2 Å². The largest absolute Gasteiger partial charge is 0.354 e. The standard InChI is InChI=1S/C10H18N2O3/c1-7(11-8(2)13)9-3-5-10(6-4-9)12(14)15/h7,9-10H,3-6H2,1-2H3,(H,11,13)/t7-,9?,10?/m1/s1. The molecule has 1 rings (SSSR count). The van der Waals surface area contributed by atoms with Crippen LogP contribution in [-0.2, 0) is 4.79 Å². The second kappa shape index (κ2) is 5.09. The molecule has 0 unspecified atom stereocenters. The van der Waals surface area contributed by atoms with Crippen molar-refractivity contribution >= 4 is 5.91 Å². The van der Waals surface area contributed by atoms with Crippen LogP contribution in [0, 0.1) is 16.0 Å². The maximum Gasteiger partial charge on any atom is 0.217 e. The fraction of sp³-hybridized carbons (Fsp3) is 0.900. The van der Waals surface area contributed by atoms with Crippen LogP contribution in [0.3, 0.4) is 0 Å². The first-order chi connectivity index (χ1) is 7.00. The Balaban J connectivity index is 2.36. The number of hydrogen-bond donors (Lipinski definition) is 1. The predicted molar refractivity (Wildman–Crippen MR) is 56.0 cm³/mol. The molecule has 5 heteroatoms. The van der Waals surface area contributed by atoms with Crippen molar-refractivity contribution in [1.29, 1.82) is 0 Å². The number of carbonyl (C=O) groups excluding carboxylic acids is 1. The number of hydrogen-bond acceptors (Lipinski definition) is 3. The lowest BCUT2D eigenvalue weighted by molar-refractivity contribution is -0.527. The number of amides is 1. The number of nitrogens with one attached hydrogen (secondary N) is 1. The summed E-state index contributed by atoms with van der Waals surface area (Å²) in [6, 6.07) is -0.235. The van der Waals surface area contributed by atoms with Crippen LogP contribution in [0.25, 0.3) is 0 Å². The molecular weight excluding hydrogens is 196 g/mol. The van der Waals surface area contributed by atoms with Gasteiger partial charge in [-0.3, -0.25) is 14.9 Å². The summed E-state index contributed by atoms with van der Waals surface area (Å²) < 4.78 is 0. The van der Waals surface area contributed by atoms with Crippen molar-refractivity contribution < 1.29 is 9.72 Å². The van der Waals surface area contributed by atoms with E-state index in [0.29, 0.717) is 18.8 Å². The quantitative estimate of drug-likeness (QED) is 0.569. The highest BCUT2D eigenvalue weighted by Gasteiger charge is 2.30. The molecule has 0 bridgehead atoms. The van der Waals surface area contributed by atoms with Crippen molar-refractivity contribution in [2.24, 2.45) is 5.92 Å². The first-order valence-corrected chi connectivity index (χ1v) is 5.41. The summed E-state index contributed by atoms with van der Waals surface area (Å²) in [4.78, 5) is 21.2. The van der Waals surface area contributed by atoms with Gasteiger partial charge in [0, 0.05) is 30.7 Å². The molecule has 0 radical (unpaired) electrons. The summed E-state index contributed by atoms with van der Waals surface area (Å²) in [6.07, 6.45) is 2.96. The number of carbonyl (C=O) groups is 1. The van der Waals surface area contributed by atoms with Crippen LogP contribution in [-0.4, -0.2) is 22.9 Å². The van der Waals surface area contributed by atoms with Crippen LogP contribution in [0.15, 0.2) is 0 Å². The number of nitro groups is 1. The van der Waals surface area contributed by atoms with Gasteiger partial charge in [0.2, 0.25) is 11.9 Å². The summed E-state index contributed by atoms with van der Waals surface area (Å²) >= 11 is 0. The van der Waals surface area contributed by atoms with E-state index < -0.39 is 0 Å². The van der Waals surface area contributed by atoms with Gasteiger partial charge in [0.1, 0.15) is 0 Å². The molecule has 0 aliphatic heterocycles. The van der Waals surface area contributed by atoms with Crippen LogP contribution in [0.5, 0.6) is 0 Å². The smallest absolute Gasteiger partial charge is 0.217 e. The maximum atomic E-state index is 10.9. The average molecular weight is 214 g/mol. The lowest BCUT2D eigenvalue weighted by Gasteiger charge is -2.29. The summed E-state index contributed by atoms with van der Waals surface area (Å²) in [6.45, 7) is 3.47. The second-order valence-electron chi connectivity index (χ2n) is 4.34. The highest BCUT2D eigenvalue weighted by atomic mass is 16.6. The van der Waals surface area contributed by atoms with Crippen LogP contribution < -0.4 is 5.32 Å². The zero-order valence-corrected chi connectivity index (χ0v) is 9.23. The fourth-order valence-electron chi connectivity index (χ4n) is 2.25. The summed E-state index contributed by atoms with van der Waals surface area (Å²) in [7, 11) is 0. The van der Waals surface area contributed by atoms with Gasteiger partial charge in [-0.25, -0.2) is 0 Å². The van der Waals surface area contributed by atoms with Crippen molar-refractivity contribution in [3.8, 4) is 0 Å².